The van der Waals surface area contributed by atoms with Gasteiger partial charge in [-0.25, -0.2) is 0 Å². The van der Waals surface area contributed by atoms with Gasteiger partial charge in [0.2, 0.25) is 0 Å². The molecule has 1 heteroatoms. The fourth-order valence-electron chi connectivity index (χ4n) is 1.23. The van der Waals surface area contributed by atoms with E-state index in [0.29, 0.717) is 0 Å². The van der Waals surface area contributed by atoms with Crippen LogP contribution in [0.25, 0.3) is 11.3 Å². The van der Waals surface area contributed by atoms with E-state index in [9.17, 15) is 0 Å². The molecule has 0 fully saturated rings. The number of pyridine rings is 1. The Balaban J connectivity index is 2.76. The van der Waals surface area contributed by atoms with E-state index in [0.717, 1.165) is 0 Å². The number of H-pyrrole nitrogens is 1. The molecule has 0 aromatic carbocycles. The first-order chi connectivity index (χ1) is 4.86. The van der Waals surface area contributed by atoms with Crippen LogP contribution in [0.2, 0.25) is 0 Å². The monoisotopic (exact) mass is 131 g/mol. The number of aromatic nitrogens is 1. The Labute approximate surface area is 60.0 Å². The third-order valence-corrected chi connectivity index (χ3v) is 1.68. The van der Waals surface area contributed by atoms with Gasteiger partial charge in [-0.15, -0.1) is 0 Å². The maximum Gasteiger partial charge on any atom is 0.0456 e. The summed E-state index contributed by atoms with van der Waals surface area (Å²) in [6.45, 7) is 2.10. The van der Waals surface area contributed by atoms with Crippen molar-refractivity contribution in [3.63, 3.8) is 0 Å². The maximum absolute atomic E-state index is 3.17. The van der Waals surface area contributed by atoms with Crippen LogP contribution in [-0.2, 0) is 0 Å². The van der Waals surface area contributed by atoms with E-state index in [1.54, 1.807) is 0 Å². The average Bonchev–Trinajstić information content (AvgIpc) is 2.27. The summed E-state index contributed by atoms with van der Waals surface area (Å²) in [5.41, 5.74) is 3.83. The Morgan fingerprint density at radius 2 is 2.20 bits per heavy atom. The molecule has 1 aliphatic carbocycles. The molecule has 50 valence electrons. The molecular weight excluding hydrogens is 122 g/mol. The van der Waals surface area contributed by atoms with Gasteiger partial charge in [0.15, 0.2) is 0 Å². The van der Waals surface area contributed by atoms with Crippen molar-refractivity contribution in [2.75, 3.05) is 0 Å². The van der Waals surface area contributed by atoms with E-state index in [2.05, 4.69) is 30.1 Å². The zero-order valence-electron chi connectivity index (χ0n) is 5.89. The van der Waals surface area contributed by atoms with Gasteiger partial charge in [0.25, 0.3) is 0 Å². The van der Waals surface area contributed by atoms with Gasteiger partial charge in [-0.05, 0) is 36.2 Å². The number of hydrogen-bond donors (Lipinski definition) is 1. The highest BCUT2D eigenvalue weighted by Gasteiger charge is 2.00. The van der Waals surface area contributed by atoms with Gasteiger partial charge in [-0.3, -0.25) is 0 Å². The number of hydrogen-bond acceptors (Lipinski definition) is 0. The summed E-state index contributed by atoms with van der Waals surface area (Å²) in [5.74, 6) is 0. The highest BCUT2D eigenvalue weighted by Crippen LogP contribution is 2.21. The van der Waals surface area contributed by atoms with Gasteiger partial charge in [-0.1, -0.05) is 6.07 Å². The quantitative estimate of drug-likeness (QED) is 0.565. The van der Waals surface area contributed by atoms with Crippen molar-refractivity contribution in [1.29, 1.82) is 0 Å². The molecule has 1 heterocycles. The van der Waals surface area contributed by atoms with Gasteiger partial charge in [0.1, 0.15) is 0 Å². The van der Waals surface area contributed by atoms with Crippen LogP contribution in [-0.4, -0.2) is 4.98 Å². The number of aromatic amines is 1. The fraction of sp³-hybridized carbons (Fsp3) is 0.111. The lowest BCUT2D eigenvalue weighted by Crippen LogP contribution is -1.75. The minimum absolute atomic E-state index is 1.22. The SMILES string of the molecule is Cc1cc2ccc[nH]c-2c1. The maximum atomic E-state index is 3.17. The predicted octanol–water partition coefficient (Wildman–Crippen LogP) is 2.43. The number of fused-ring (bicyclic) bond motifs is 1. The van der Waals surface area contributed by atoms with Crippen LogP contribution in [0.3, 0.4) is 0 Å². The summed E-state index contributed by atoms with van der Waals surface area (Å²) in [6, 6.07) is 8.45. The van der Waals surface area contributed by atoms with E-state index < -0.39 is 0 Å². The molecule has 0 atom stereocenters. The van der Waals surface area contributed by atoms with Crippen LogP contribution >= 0.6 is 0 Å². The molecule has 0 spiro atoms. The molecule has 0 saturated heterocycles. The van der Waals surface area contributed by atoms with Gasteiger partial charge < -0.3 is 4.98 Å². The Morgan fingerprint density at radius 3 is 3.00 bits per heavy atom. The lowest BCUT2D eigenvalue weighted by atomic mass is 10.2. The molecule has 0 aromatic rings. The van der Waals surface area contributed by atoms with Crippen LogP contribution < -0.4 is 0 Å². The van der Waals surface area contributed by atoms with Crippen LogP contribution in [0.4, 0.5) is 0 Å². The molecule has 1 nitrogen and oxygen atoms in total. The Kier molecular flexibility index (Phi) is 1.04. The van der Waals surface area contributed by atoms with Crippen molar-refractivity contribution < 1.29 is 0 Å². The summed E-state index contributed by atoms with van der Waals surface area (Å²) in [4.78, 5) is 3.17. The third kappa shape index (κ3) is 0.711. The van der Waals surface area contributed by atoms with Crippen molar-refractivity contribution in [2.24, 2.45) is 0 Å². The molecule has 2 aliphatic rings. The number of aryl methyl sites for hydroxylation is 1. The smallest absolute Gasteiger partial charge is 0.0456 e. The fourth-order valence-corrected chi connectivity index (χ4v) is 1.23. The molecule has 1 N–H and O–H groups in total. The Morgan fingerprint density at radius 1 is 1.30 bits per heavy atom. The second-order valence-corrected chi connectivity index (χ2v) is 2.57. The highest BCUT2D eigenvalue weighted by atomic mass is 14.7. The largest absolute Gasteiger partial charge is 0.361 e. The van der Waals surface area contributed by atoms with Gasteiger partial charge in [0, 0.05) is 11.9 Å². The molecule has 2 rings (SSSR count). The topological polar surface area (TPSA) is 15.8 Å². The molecule has 0 saturated carbocycles. The first-order valence-electron chi connectivity index (χ1n) is 3.40. The molecule has 0 aromatic heterocycles. The Hall–Kier alpha value is -1.24. The summed E-state index contributed by atoms with van der Waals surface area (Å²) >= 11 is 0. The molecule has 10 heavy (non-hydrogen) atoms. The number of nitrogens with one attached hydrogen (secondary N) is 1. The third-order valence-electron chi connectivity index (χ3n) is 1.68. The van der Waals surface area contributed by atoms with Crippen LogP contribution in [0.5, 0.6) is 0 Å². The zero-order chi connectivity index (χ0) is 6.97. The molecule has 0 amide bonds. The van der Waals surface area contributed by atoms with Crippen LogP contribution in [0.15, 0.2) is 30.5 Å². The summed E-state index contributed by atoms with van der Waals surface area (Å²) in [7, 11) is 0. The van der Waals surface area contributed by atoms with E-state index in [-0.39, 0.29) is 0 Å². The van der Waals surface area contributed by atoms with Gasteiger partial charge >= 0.3 is 0 Å². The minimum atomic E-state index is 1.22. The van der Waals surface area contributed by atoms with E-state index >= 15 is 0 Å². The standard InChI is InChI=1S/C9H9N/c1-7-5-8-3-2-4-10-9(8)6-7/h2-6,10H,1H3. The van der Waals surface area contributed by atoms with Crippen molar-refractivity contribution >= 4 is 0 Å². The van der Waals surface area contributed by atoms with Crippen LogP contribution in [0, 0.1) is 6.92 Å². The average molecular weight is 131 g/mol. The second kappa shape index (κ2) is 1.87. The molecule has 0 unspecified atom stereocenters. The number of rotatable bonds is 0. The molecular formula is C9H9N. The first kappa shape index (κ1) is 5.54. The predicted molar refractivity (Wildman–Crippen MR) is 42.2 cm³/mol. The van der Waals surface area contributed by atoms with E-state index in [4.69, 9.17) is 0 Å². The lowest BCUT2D eigenvalue weighted by Gasteiger charge is -1.93. The highest BCUT2D eigenvalue weighted by molar-refractivity contribution is 5.64. The molecule has 0 bridgehead atoms. The first-order valence-corrected chi connectivity index (χ1v) is 3.40. The van der Waals surface area contributed by atoms with Crippen molar-refractivity contribution in [3.8, 4) is 11.3 Å². The molecule has 0 radical (unpaired) electrons. The van der Waals surface area contributed by atoms with Gasteiger partial charge in [0.05, 0.1) is 0 Å². The summed E-state index contributed by atoms with van der Waals surface area (Å²) in [6.07, 6.45) is 1.95. The van der Waals surface area contributed by atoms with E-state index in [1.807, 2.05) is 12.3 Å². The Bertz CT molecular complexity index is 279. The lowest BCUT2D eigenvalue weighted by molar-refractivity contribution is 1.34. The van der Waals surface area contributed by atoms with Gasteiger partial charge in [-0.2, -0.15) is 0 Å². The van der Waals surface area contributed by atoms with Crippen molar-refractivity contribution in [1.82, 2.24) is 4.98 Å². The summed E-state index contributed by atoms with van der Waals surface area (Å²) < 4.78 is 0. The molecule has 1 aliphatic heterocycles. The minimum Gasteiger partial charge on any atom is -0.361 e. The zero-order valence-corrected chi connectivity index (χ0v) is 5.89. The van der Waals surface area contributed by atoms with Crippen molar-refractivity contribution in [2.45, 2.75) is 6.92 Å². The van der Waals surface area contributed by atoms with E-state index in [1.165, 1.54) is 16.8 Å². The van der Waals surface area contributed by atoms with Crippen LogP contribution in [0.1, 0.15) is 5.56 Å². The summed E-state index contributed by atoms with van der Waals surface area (Å²) in [5, 5.41) is 0. The normalized spacial score (nSPS) is 10.5. The second-order valence-electron chi connectivity index (χ2n) is 2.57. The van der Waals surface area contributed by atoms with Crippen molar-refractivity contribution in [3.05, 3.63) is 36.0 Å².